The summed E-state index contributed by atoms with van der Waals surface area (Å²) in [5.41, 5.74) is 0.919. The van der Waals surface area contributed by atoms with Gasteiger partial charge in [-0.25, -0.2) is 0 Å². The molecule has 3 atom stereocenters. The molecule has 0 radical (unpaired) electrons. The van der Waals surface area contributed by atoms with Crippen LogP contribution in [-0.4, -0.2) is 29.7 Å². The van der Waals surface area contributed by atoms with E-state index in [1.165, 1.54) is 11.9 Å². The lowest BCUT2D eigenvalue weighted by Crippen LogP contribution is -2.37. The molecule has 5 heteroatoms. The number of carbonyl (C=O) groups excluding carboxylic acids is 3. The summed E-state index contributed by atoms with van der Waals surface area (Å²) < 4.78 is 0. The van der Waals surface area contributed by atoms with Crippen LogP contribution in [0.2, 0.25) is 0 Å². The molecule has 1 heterocycles. The first-order valence-electron chi connectivity index (χ1n) is 6.26. The Morgan fingerprint density at radius 2 is 1.74 bits per heavy atom. The number of nitrogens with zero attached hydrogens (tertiary/aromatic N) is 1. The number of amides is 3. The molecule has 1 aromatic rings. The summed E-state index contributed by atoms with van der Waals surface area (Å²) in [4.78, 5) is 37.0. The molecule has 1 saturated carbocycles. The van der Waals surface area contributed by atoms with E-state index in [0.29, 0.717) is 6.54 Å². The van der Waals surface area contributed by atoms with Crippen LogP contribution in [0.3, 0.4) is 0 Å². The molecule has 19 heavy (non-hydrogen) atoms. The van der Waals surface area contributed by atoms with E-state index >= 15 is 0 Å². The summed E-state index contributed by atoms with van der Waals surface area (Å²) in [6.07, 6.45) is 0. The largest absolute Gasteiger partial charge is 0.359 e. The van der Waals surface area contributed by atoms with Crippen LogP contribution in [0, 0.1) is 17.8 Å². The van der Waals surface area contributed by atoms with E-state index in [1.54, 1.807) is 0 Å². The Morgan fingerprint density at radius 3 is 2.26 bits per heavy atom. The molecule has 1 aliphatic carbocycles. The molecule has 1 aliphatic heterocycles. The van der Waals surface area contributed by atoms with E-state index in [1.807, 2.05) is 30.3 Å². The Hall–Kier alpha value is -2.17. The number of nitrogens with one attached hydrogen (secondary N) is 1. The zero-order chi connectivity index (χ0) is 13.6. The van der Waals surface area contributed by atoms with Crippen LogP contribution < -0.4 is 5.32 Å². The number of fused-ring (bicyclic) bond motifs is 1. The predicted molar refractivity (Wildman–Crippen MR) is 66.5 cm³/mol. The molecule has 0 aromatic heterocycles. The van der Waals surface area contributed by atoms with E-state index in [0.717, 1.165) is 5.56 Å². The quantitative estimate of drug-likeness (QED) is 0.786. The van der Waals surface area contributed by atoms with Gasteiger partial charge in [-0.2, -0.15) is 0 Å². The third-order valence-electron chi connectivity index (χ3n) is 3.85. The lowest BCUT2D eigenvalue weighted by molar-refractivity contribution is -0.144. The lowest BCUT2D eigenvalue weighted by atomic mass is 10.2. The minimum atomic E-state index is -0.447. The molecule has 3 rings (SSSR count). The summed E-state index contributed by atoms with van der Waals surface area (Å²) in [7, 11) is 1.52. The molecule has 2 aliphatic rings. The van der Waals surface area contributed by atoms with Gasteiger partial charge in [-0.3, -0.25) is 19.3 Å². The highest BCUT2D eigenvalue weighted by Crippen LogP contribution is 2.53. The molecule has 98 valence electrons. The second-order valence-electron chi connectivity index (χ2n) is 4.94. The topological polar surface area (TPSA) is 66.5 Å². The maximum atomic E-state index is 12.1. The van der Waals surface area contributed by atoms with Gasteiger partial charge in [0.2, 0.25) is 17.7 Å². The van der Waals surface area contributed by atoms with Crippen LogP contribution in [0.5, 0.6) is 0 Å². The van der Waals surface area contributed by atoms with Crippen molar-refractivity contribution in [2.45, 2.75) is 6.54 Å². The second-order valence-corrected chi connectivity index (χ2v) is 4.94. The smallest absolute Gasteiger partial charge is 0.234 e. The van der Waals surface area contributed by atoms with Gasteiger partial charge in [-0.1, -0.05) is 30.3 Å². The summed E-state index contributed by atoms with van der Waals surface area (Å²) in [5, 5.41) is 2.50. The zero-order valence-electron chi connectivity index (χ0n) is 10.5. The minimum Gasteiger partial charge on any atom is -0.359 e. The standard InChI is InChI=1S/C14H14N2O3/c1-15-12(17)9-10-11(9)14(19)16(13(10)18)7-8-5-3-2-4-6-8/h2-6,9-11H,7H2,1H3,(H,15,17)/t9?,10-,11+. The minimum absolute atomic E-state index is 0.212. The van der Waals surface area contributed by atoms with Crippen molar-refractivity contribution in [2.24, 2.45) is 17.8 Å². The lowest BCUT2D eigenvalue weighted by Gasteiger charge is -2.18. The molecule has 0 bridgehead atoms. The van der Waals surface area contributed by atoms with Crippen LogP contribution >= 0.6 is 0 Å². The van der Waals surface area contributed by atoms with Crippen LogP contribution in [-0.2, 0) is 20.9 Å². The van der Waals surface area contributed by atoms with Crippen LogP contribution in [0.4, 0.5) is 0 Å². The Morgan fingerprint density at radius 1 is 1.16 bits per heavy atom. The maximum Gasteiger partial charge on any atom is 0.234 e. The number of hydrogen-bond acceptors (Lipinski definition) is 3. The Bertz CT molecular complexity index is 533. The number of hydrogen-bond donors (Lipinski definition) is 1. The third-order valence-corrected chi connectivity index (χ3v) is 3.85. The number of benzene rings is 1. The van der Waals surface area contributed by atoms with Gasteiger partial charge >= 0.3 is 0 Å². The van der Waals surface area contributed by atoms with Crippen LogP contribution in [0.15, 0.2) is 30.3 Å². The predicted octanol–water partition coefficient (Wildman–Crippen LogP) is 0.164. The first-order chi connectivity index (χ1) is 9.15. The van der Waals surface area contributed by atoms with Crippen molar-refractivity contribution in [3.8, 4) is 0 Å². The number of piperidine rings is 1. The van der Waals surface area contributed by atoms with E-state index in [2.05, 4.69) is 5.32 Å². The Labute approximate surface area is 110 Å². The first kappa shape index (κ1) is 11.9. The molecule has 1 saturated heterocycles. The van der Waals surface area contributed by atoms with Crippen molar-refractivity contribution in [1.82, 2.24) is 10.2 Å². The van der Waals surface area contributed by atoms with Crippen molar-refractivity contribution < 1.29 is 14.4 Å². The summed E-state index contributed by atoms with van der Waals surface area (Å²) in [5.74, 6) is -1.96. The fourth-order valence-corrected chi connectivity index (χ4v) is 2.81. The molecule has 1 unspecified atom stereocenters. The van der Waals surface area contributed by atoms with Crippen LogP contribution in [0.1, 0.15) is 5.56 Å². The highest BCUT2D eigenvalue weighted by molar-refractivity contribution is 6.13. The highest BCUT2D eigenvalue weighted by atomic mass is 16.2. The Kier molecular flexibility index (Phi) is 2.62. The van der Waals surface area contributed by atoms with Gasteiger partial charge in [-0.05, 0) is 5.56 Å². The normalized spacial score (nSPS) is 28.3. The fraction of sp³-hybridized carbons (Fsp3) is 0.357. The molecular weight excluding hydrogens is 244 g/mol. The highest BCUT2D eigenvalue weighted by Gasteiger charge is 2.69. The van der Waals surface area contributed by atoms with Gasteiger partial charge in [0.05, 0.1) is 24.3 Å². The van der Waals surface area contributed by atoms with Gasteiger partial charge < -0.3 is 5.32 Å². The molecule has 2 fully saturated rings. The molecular formula is C14H14N2O3. The third kappa shape index (κ3) is 1.73. The van der Waals surface area contributed by atoms with Crippen molar-refractivity contribution in [2.75, 3.05) is 7.05 Å². The van der Waals surface area contributed by atoms with Crippen LogP contribution in [0.25, 0.3) is 0 Å². The van der Waals surface area contributed by atoms with Gasteiger partial charge in [0.15, 0.2) is 0 Å². The summed E-state index contributed by atoms with van der Waals surface area (Å²) in [6.45, 7) is 0.298. The zero-order valence-corrected chi connectivity index (χ0v) is 10.5. The van der Waals surface area contributed by atoms with Crippen molar-refractivity contribution in [3.63, 3.8) is 0 Å². The maximum absolute atomic E-state index is 12.1. The average molecular weight is 258 g/mol. The van der Waals surface area contributed by atoms with Gasteiger partial charge in [0.1, 0.15) is 0 Å². The number of rotatable bonds is 3. The van der Waals surface area contributed by atoms with E-state index < -0.39 is 17.8 Å². The molecule has 1 N–H and O–H groups in total. The van der Waals surface area contributed by atoms with Gasteiger partial charge in [-0.15, -0.1) is 0 Å². The van der Waals surface area contributed by atoms with Crippen molar-refractivity contribution in [3.05, 3.63) is 35.9 Å². The van der Waals surface area contributed by atoms with Crippen molar-refractivity contribution >= 4 is 17.7 Å². The van der Waals surface area contributed by atoms with E-state index in [4.69, 9.17) is 0 Å². The molecule has 5 nitrogen and oxygen atoms in total. The molecule has 1 aromatic carbocycles. The second kappa shape index (κ2) is 4.19. The number of likely N-dealkylation sites (tertiary alicyclic amines) is 1. The van der Waals surface area contributed by atoms with Gasteiger partial charge in [0.25, 0.3) is 0 Å². The molecule has 3 amide bonds. The average Bonchev–Trinajstić information content (AvgIpc) is 3.13. The van der Waals surface area contributed by atoms with Gasteiger partial charge in [0, 0.05) is 7.05 Å². The SMILES string of the molecule is CNC(=O)C1[C@H]2C(=O)N(Cc3ccccc3)C(=O)[C@@H]12. The number of imide groups is 1. The van der Waals surface area contributed by atoms with E-state index in [-0.39, 0.29) is 17.7 Å². The fourth-order valence-electron chi connectivity index (χ4n) is 2.81. The van der Waals surface area contributed by atoms with E-state index in [9.17, 15) is 14.4 Å². The number of carbonyl (C=O) groups is 3. The first-order valence-corrected chi connectivity index (χ1v) is 6.26. The monoisotopic (exact) mass is 258 g/mol. The molecule has 0 spiro atoms. The summed E-state index contributed by atoms with van der Waals surface area (Å²) in [6, 6.07) is 9.38. The van der Waals surface area contributed by atoms with Crippen molar-refractivity contribution in [1.29, 1.82) is 0 Å². The Balaban J connectivity index is 1.74. The summed E-state index contributed by atoms with van der Waals surface area (Å²) >= 11 is 0.